The van der Waals surface area contributed by atoms with E-state index in [4.69, 9.17) is 4.98 Å². The summed E-state index contributed by atoms with van der Waals surface area (Å²) in [5.74, 6) is 1.18. The number of aromatic nitrogens is 2. The van der Waals surface area contributed by atoms with E-state index in [0.29, 0.717) is 6.42 Å². The molecule has 0 spiro atoms. The minimum Gasteiger partial charge on any atom is -0.356 e. The molecule has 33 heavy (non-hydrogen) atoms. The molecule has 176 valence electrons. The zero-order chi connectivity index (χ0) is 23.3. The second-order valence-electron chi connectivity index (χ2n) is 8.45. The van der Waals surface area contributed by atoms with Crippen molar-refractivity contribution in [2.45, 2.75) is 63.4 Å². The highest BCUT2D eigenvalue weighted by molar-refractivity contribution is 7.99. The zero-order valence-electron chi connectivity index (χ0n) is 20.1. The lowest BCUT2D eigenvalue weighted by Gasteiger charge is -2.08. The predicted molar refractivity (Wildman–Crippen MR) is 140 cm³/mol. The van der Waals surface area contributed by atoms with E-state index in [1.165, 1.54) is 24.8 Å². The number of carbonyl (C=O) groups is 1. The molecule has 3 rings (SSSR count). The molecule has 0 fully saturated rings. The number of benzene rings is 2. The molecule has 0 bridgehead atoms. The lowest BCUT2D eigenvalue weighted by atomic mass is 10.1. The number of hydrogen-bond donors (Lipinski definition) is 1. The van der Waals surface area contributed by atoms with E-state index in [1.807, 2.05) is 12.1 Å². The standard InChI is InChI=1S/C28H37N3OS/c1-3-4-5-6-13-20-25(32)29-21-14-15-22-33-28-30-26(23-16-9-7-10-17-23)27(31(28)2)24-18-11-8-12-19-24/h7-12,16-19H,3-6,13-15,20-22H2,1-2H3,(H,29,32). The summed E-state index contributed by atoms with van der Waals surface area (Å²) in [5, 5.41) is 4.10. The van der Waals surface area contributed by atoms with Crippen molar-refractivity contribution < 1.29 is 4.79 Å². The van der Waals surface area contributed by atoms with Crippen LogP contribution < -0.4 is 5.32 Å². The van der Waals surface area contributed by atoms with Gasteiger partial charge in [0.15, 0.2) is 5.16 Å². The Balaban J connectivity index is 1.50. The van der Waals surface area contributed by atoms with Crippen LogP contribution in [0.5, 0.6) is 0 Å². The predicted octanol–water partition coefficient (Wildman–Crippen LogP) is 7.10. The maximum absolute atomic E-state index is 12.0. The van der Waals surface area contributed by atoms with Crippen LogP contribution in [0.25, 0.3) is 22.5 Å². The van der Waals surface area contributed by atoms with Gasteiger partial charge in [0.1, 0.15) is 0 Å². The molecule has 0 saturated carbocycles. The first-order valence-corrected chi connectivity index (χ1v) is 13.3. The van der Waals surface area contributed by atoms with E-state index < -0.39 is 0 Å². The smallest absolute Gasteiger partial charge is 0.219 e. The van der Waals surface area contributed by atoms with Crippen molar-refractivity contribution in [1.82, 2.24) is 14.9 Å². The van der Waals surface area contributed by atoms with E-state index in [9.17, 15) is 4.79 Å². The van der Waals surface area contributed by atoms with Crippen molar-refractivity contribution >= 4 is 17.7 Å². The van der Waals surface area contributed by atoms with Crippen LogP contribution in [-0.2, 0) is 11.8 Å². The molecule has 1 N–H and O–H groups in total. The van der Waals surface area contributed by atoms with Gasteiger partial charge in [0.05, 0.1) is 11.4 Å². The van der Waals surface area contributed by atoms with Crippen LogP contribution in [0, 0.1) is 0 Å². The van der Waals surface area contributed by atoms with Gasteiger partial charge >= 0.3 is 0 Å². The summed E-state index contributed by atoms with van der Waals surface area (Å²) in [6, 6.07) is 20.9. The summed E-state index contributed by atoms with van der Waals surface area (Å²) in [6.07, 6.45) is 8.64. The van der Waals surface area contributed by atoms with Gasteiger partial charge in [-0.2, -0.15) is 0 Å². The van der Waals surface area contributed by atoms with Gasteiger partial charge in [0.25, 0.3) is 0 Å². The number of thioether (sulfide) groups is 1. The molecule has 0 aliphatic heterocycles. The Morgan fingerprint density at radius 1 is 0.879 bits per heavy atom. The van der Waals surface area contributed by atoms with Crippen molar-refractivity contribution in [2.24, 2.45) is 7.05 Å². The molecule has 1 aromatic heterocycles. The molecular weight excluding hydrogens is 426 g/mol. The number of unbranched alkanes of at least 4 members (excludes halogenated alkanes) is 5. The van der Waals surface area contributed by atoms with Crippen LogP contribution in [0.4, 0.5) is 0 Å². The molecule has 4 nitrogen and oxygen atoms in total. The van der Waals surface area contributed by atoms with Gasteiger partial charge < -0.3 is 9.88 Å². The van der Waals surface area contributed by atoms with Crippen LogP contribution in [0.1, 0.15) is 58.3 Å². The number of rotatable bonds is 14. The Labute approximate surface area is 203 Å². The highest BCUT2D eigenvalue weighted by Crippen LogP contribution is 2.35. The molecule has 2 aromatic carbocycles. The number of hydrogen-bond acceptors (Lipinski definition) is 3. The SMILES string of the molecule is CCCCCCCC(=O)NCCCCSc1nc(-c2ccccc2)c(-c2ccccc2)n1C. The van der Waals surface area contributed by atoms with E-state index in [-0.39, 0.29) is 5.91 Å². The van der Waals surface area contributed by atoms with Gasteiger partial charge in [-0.25, -0.2) is 4.98 Å². The van der Waals surface area contributed by atoms with Crippen molar-refractivity contribution in [3.63, 3.8) is 0 Å². The minimum atomic E-state index is 0.197. The second-order valence-corrected chi connectivity index (χ2v) is 9.51. The van der Waals surface area contributed by atoms with Crippen LogP contribution in [-0.4, -0.2) is 27.8 Å². The lowest BCUT2D eigenvalue weighted by Crippen LogP contribution is -2.24. The Hall–Kier alpha value is -2.53. The van der Waals surface area contributed by atoms with Gasteiger partial charge in [0.2, 0.25) is 5.91 Å². The molecule has 5 heteroatoms. The third kappa shape index (κ3) is 7.78. The average molecular weight is 464 g/mol. The fraction of sp³-hybridized carbons (Fsp3) is 0.429. The lowest BCUT2D eigenvalue weighted by molar-refractivity contribution is -0.121. The number of amides is 1. The van der Waals surface area contributed by atoms with Gasteiger partial charge in [-0.3, -0.25) is 4.79 Å². The molecule has 0 saturated heterocycles. The summed E-state index contributed by atoms with van der Waals surface area (Å²) in [6.45, 7) is 2.97. The number of imidazole rings is 1. The molecule has 0 aliphatic carbocycles. The van der Waals surface area contributed by atoms with Gasteiger partial charge in [0, 0.05) is 36.9 Å². The van der Waals surface area contributed by atoms with Gasteiger partial charge in [-0.1, -0.05) is 105 Å². The Kier molecular flexibility index (Phi) is 10.6. The number of nitrogens with one attached hydrogen (secondary N) is 1. The van der Waals surface area contributed by atoms with Crippen molar-refractivity contribution in [3.8, 4) is 22.5 Å². The summed E-state index contributed by atoms with van der Waals surface area (Å²) in [7, 11) is 2.10. The zero-order valence-corrected chi connectivity index (χ0v) is 20.9. The van der Waals surface area contributed by atoms with E-state index in [2.05, 4.69) is 72.4 Å². The molecule has 0 radical (unpaired) electrons. The minimum absolute atomic E-state index is 0.197. The van der Waals surface area contributed by atoms with E-state index in [0.717, 1.165) is 60.1 Å². The normalized spacial score (nSPS) is 11.0. The maximum atomic E-state index is 12.0. The van der Waals surface area contributed by atoms with E-state index >= 15 is 0 Å². The average Bonchev–Trinajstić information content (AvgIpc) is 3.18. The summed E-state index contributed by atoms with van der Waals surface area (Å²) < 4.78 is 2.21. The molecular formula is C28H37N3OS. The third-order valence-corrected chi connectivity index (χ3v) is 6.90. The monoisotopic (exact) mass is 463 g/mol. The Morgan fingerprint density at radius 2 is 1.55 bits per heavy atom. The van der Waals surface area contributed by atoms with Crippen molar-refractivity contribution in [3.05, 3.63) is 60.7 Å². The van der Waals surface area contributed by atoms with Gasteiger partial charge in [-0.15, -0.1) is 0 Å². The first kappa shape index (κ1) is 25.1. The maximum Gasteiger partial charge on any atom is 0.219 e. The first-order chi connectivity index (χ1) is 16.2. The fourth-order valence-electron chi connectivity index (χ4n) is 3.93. The van der Waals surface area contributed by atoms with Crippen molar-refractivity contribution in [1.29, 1.82) is 0 Å². The molecule has 0 unspecified atom stereocenters. The third-order valence-electron chi connectivity index (χ3n) is 5.78. The highest BCUT2D eigenvalue weighted by Gasteiger charge is 2.17. The van der Waals surface area contributed by atoms with Crippen LogP contribution >= 0.6 is 11.8 Å². The molecule has 1 amide bonds. The van der Waals surface area contributed by atoms with E-state index in [1.54, 1.807) is 11.8 Å². The van der Waals surface area contributed by atoms with Crippen LogP contribution in [0.15, 0.2) is 65.8 Å². The fourth-order valence-corrected chi connectivity index (χ4v) is 4.90. The summed E-state index contributed by atoms with van der Waals surface area (Å²) in [4.78, 5) is 17.0. The number of carbonyl (C=O) groups excluding carboxylic acids is 1. The second kappa shape index (κ2) is 13.9. The van der Waals surface area contributed by atoms with Gasteiger partial charge in [-0.05, 0) is 19.3 Å². The molecule has 3 aromatic rings. The first-order valence-electron chi connectivity index (χ1n) is 12.3. The number of nitrogens with zero attached hydrogens (tertiary/aromatic N) is 2. The molecule has 1 heterocycles. The topological polar surface area (TPSA) is 46.9 Å². The van der Waals surface area contributed by atoms with Crippen LogP contribution in [0.3, 0.4) is 0 Å². The Bertz CT molecular complexity index is 970. The summed E-state index contributed by atoms with van der Waals surface area (Å²) in [5.41, 5.74) is 4.49. The van der Waals surface area contributed by atoms with Crippen LogP contribution in [0.2, 0.25) is 0 Å². The Morgan fingerprint density at radius 3 is 2.24 bits per heavy atom. The highest BCUT2D eigenvalue weighted by atomic mass is 32.2. The quantitative estimate of drug-likeness (QED) is 0.205. The van der Waals surface area contributed by atoms with Crippen molar-refractivity contribution in [2.75, 3.05) is 12.3 Å². The molecule has 0 atom stereocenters. The summed E-state index contributed by atoms with van der Waals surface area (Å²) >= 11 is 1.79. The largest absolute Gasteiger partial charge is 0.356 e. The molecule has 0 aliphatic rings.